The zero-order chi connectivity index (χ0) is 23.0. The first-order valence-electron chi connectivity index (χ1n) is 10.1. The molecule has 1 aromatic carbocycles. The van der Waals surface area contributed by atoms with Crippen molar-refractivity contribution in [1.82, 2.24) is 19.3 Å². The Balaban J connectivity index is 1.52. The summed E-state index contributed by atoms with van der Waals surface area (Å²) < 4.78 is 32.7. The van der Waals surface area contributed by atoms with Crippen molar-refractivity contribution in [3.63, 3.8) is 0 Å². The summed E-state index contributed by atoms with van der Waals surface area (Å²) in [6.07, 6.45) is 0.535. The second kappa shape index (κ2) is 8.93. The molecule has 0 saturated carbocycles. The first kappa shape index (κ1) is 22.9. The third-order valence-electron chi connectivity index (χ3n) is 5.37. The lowest BCUT2D eigenvalue weighted by molar-refractivity contribution is 0.0768. The Hall–Kier alpha value is -2.27. The van der Waals surface area contributed by atoms with Gasteiger partial charge in [-0.05, 0) is 39.3 Å². The fourth-order valence-electron chi connectivity index (χ4n) is 3.79. The van der Waals surface area contributed by atoms with Gasteiger partial charge in [0.1, 0.15) is 20.5 Å². The van der Waals surface area contributed by atoms with E-state index < -0.39 is 10.0 Å². The molecule has 2 aromatic heterocycles. The van der Waals surface area contributed by atoms with Gasteiger partial charge in [-0.15, -0.1) is 11.3 Å². The van der Waals surface area contributed by atoms with Crippen molar-refractivity contribution in [3.05, 3.63) is 51.3 Å². The number of amides is 1. The summed E-state index contributed by atoms with van der Waals surface area (Å²) >= 11 is 7.41. The average molecular weight is 495 g/mol. The van der Waals surface area contributed by atoms with Crippen LogP contribution >= 0.6 is 22.9 Å². The monoisotopic (exact) mass is 494 g/mol. The number of hydrogen-bond acceptors (Lipinski definition) is 7. The van der Waals surface area contributed by atoms with E-state index in [4.69, 9.17) is 16.1 Å². The van der Waals surface area contributed by atoms with E-state index in [1.807, 2.05) is 25.1 Å². The number of halogens is 1. The highest BCUT2D eigenvalue weighted by atomic mass is 35.5. The van der Waals surface area contributed by atoms with Crippen LogP contribution in [0, 0.1) is 20.8 Å². The summed E-state index contributed by atoms with van der Waals surface area (Å²) in [5.41, 5.74) is 1.85. The van der Waals surface area contributed by atoms with E-state index in [1.165, 1.54) is 15.6 Å². The Morgan fingerprint density at radius 3 is 2.59 bits per heavy atom. The van der Waals surface area contributed by atoms with E-state index in [1.54, 1.807) is 24.8 Å². The van der Waals surface area contributed by atoms with Gasteiger partial charge in [-0.1, -0.05) is 28.9 Å². The largest absolute Gasteiger partial charge is 0.360 e. The van der Waals surface area contributed by atoms with Crippen molar-refractivity contribution in [2.24, 2.45) is 0 Å². The summed E-state index contributed by atoms with van der Waals surface area (Å²) in [7, 11) is -3.74. The molecular weight excluding hydrogens is 472 g/mol. The number of carbonyl (C=O) groups excluding carboxylic acids is 1. The van der Waals surface area contributed by atoms with Gasteiger partial charge in [0.05, 0.1) is 5.69 Å². The van der Waals surface area contributed by atoms with Crippen LogP contribution in [0.3, 0.4) is 0 Å². The van der Waals surface area contributed by atoms with Gasteiger partial charge in [0.25, 0.3) is 5.91 Å². The molecule has 1 fully saturated rings. The molecule has 1 aliphatic heterocycles. The van der Waals surface area contributed by atoms with E-state index in [2.05, 4.69) is 10.1 Å². The lowest BCUT2D eigenvalue weighted by Crippen LogP contribution is -2.37. The Bertz CT molecular complexity index is 1250. The quantitative estimate of drug-likeness (QED) is 0.545. The van der Waals surface area contributed by atoms with Gasteiger partial charge < -0.3 is 9.42 Å². The van der Waals surface area contributed by atoms with Crippen LogP contribution in [0.5, 0.6) is 0 Å². The molecule has 0 aliphatic carbocycles. The lowest BCUT2D eigenvalue weighted by Gasteiger charge is -2.21. The minimum atomic E-state index is -3.74. The molecule has 3 aromatic rings. The average Bonchev–Trinajstić information content (AvgIpc) is 3.18. The highest BCUT2D eigenvalue weighted by molar-refractivity contribution is 7.89. The first-order valence-corrected chi connectivity index (χ1v) is 12.8. The zero-order valence-electron chi connectivity index (χ0n) is 18.0. The normalized spacial score (nSPS) is 15.7. The fourth-order valence-corrected chi connectivity index (χ4v) is 6.77. The molecule has 170 valence electrons. The molecule has 8 nitrogen and oxygen atoms in total. The Kier molecular flexibility index (Phi) is 6.39. The molecule has 0 atom stereocenters. The third-order valence-corrected chi connectivity index (χ3v) is 8.94. The Morgan fingerprint density at radius 1 is 1.12 bits per heavy atom. The molecule has 0 bridgehead atoms. The summed E-state index contributed by atoms with van der Waals surface area (Å²) in [6, 6.07) is 7.36. The predicted octanol–water partition coefficient (Wildman–Crippen LogP) is 3.91. The number of hydrogen-bond donors (Lipinski definition) is 0. The van der Waals surface area contributed by atoms with E-state index in [-0.39, 0.29) is 23.1 Å². The van der Waals surface area contributed by atoms with E-state index in [9.17, 15) is 13.2 Å². The number of nitrogens with zero attached hydrogens (tertiary/aromatic N) is 4. The number of sulfonamides is 1. The van der Waals surface area contributed by atoms with Crippen molar-refractivity contribution in [2.75, 3.05) is 26.2 Å². The molecule has 0 spiro atoms. The molecule has 3 heterocycles. The maximum Gasteiger partial charge on any atom is 0.265 e. The summed E-state index contributed by atoms with van der Waals surface area (Å²) in [5.74, 6) is 0.137. The number of rotatable bonds is 4. The van der Waals surface area contributed by atoms with Crippen molar-refractivity contribution in [3.8, 4) is 10.6 Å². The van der Waals surface area contributed by atoms with Crippen LogP contribution in [0.2, 0.25) is 5.02 Å². The molecule has 0 unspecified atom stereocenters. The van der Waals surface area contributed by atoms with Crippen LogP contribution < -0.4 is 0 Å². The topological polar surface area (TPSA) is 96.6 Å². The number of benzene rings is 1. The SMILES string of the molecule is Cc1nc(-c2cccc(Cl)c2)sc1C(=O)N1CCCN(S(=O)(=O)c2c(C)noc2C)CC1. The maximum atomic E-state index is 13.3. The van der Waals surface area contributed by atoms with E-state index in [0.29, 0.717) is 47.3 Å². The molecular formula is C21H23ClN4O4S2. The van der Waals surface area contributed by atoms with Crippen molar-refractivity contribution >= 4 is 38.9 Å². The van der Waals surface area contributed by atoms with Gasteiger partial charge in [-0.25, -0.2) is 13.4 Å². The third kappa shape index (κ3) is 4.32. The highest BCUT2D eigenvalue weighted by Crippen LogP contribution is 2.31. The number of thiazole rings is 1. The van der Waals surface area contributed by atoms with Crippen LogP contribution in [-0.2, 0) is 10.0 Å². The standard InChI is InChI=1S/C21H23ClN4O4S2/c1-13-18(31-20(23-13)16-6-4-7-17(22)12-16)21(27)25-8-5-9-26(11-10-25)32(28,29)19-14(2)24-30-15(19)3/h4,6-7,12H,5,8-11H2,1-3H3. The zero-order valence-corrected chi connectivity index (χ0v) is 20.4. The van der Waals surface area contributed by atoms with Gasteiger partial charge in [0.2, 0.25) is 10.0 Å². The molecule has 32 heavy (non-hydrogen) atoms. The van der Waals surface area contributed by atoms with Crippen LogP contribution in [0.15, 0.2) is 33.7 Å². The highest BCUT2D eigenvalue weighted by Gasteiger charge is 2.33. The van der Waals surface area contributed by atoms with E-state index >= 15 is 0 Å². The molecule has 11 heteroatoms. The maximum absolute atomic E-state index is 13.3. The van der Waals surface area contributed by atoms with Crippen LogP contribution in [0.4, 0.5) is 0 Å². The summed E-state index contributed by atoms with van der Waals surface area (Å²) in [4.78, 5) is 20.2. The van der Waals surface area contributed by atoms with Crippen LogP contribution in [0.25, 0.3) is 10.6 Å². The molecule has 0 radical (unpaired) electrons. The molecule has 1 aliphatic rings. The van der Waals surface area contributed by atoms with Crippen molar-refractivity contribution < 1.29 is 17.7 Å². The minimum Gasteiger partial charge on any atom is -0.360 e. The fraction of sp³-hybridized carbons (Fsp3) is 0.381. The molecule has 4 rings (SSSR count). The van der Waals surface area contributed by atoms with Crippen molar-refractivity contribution in [1.29, 1.82) is 0 Å². The number of aryl methyl sites for hydroxylation is 3. The van der Waals surface area contributed by atoms with Gasteiger partial charge in [-0.3, -0.25) is 4.79 Å². The smallest absolute Gasteiger partial charge is 0.265 e. The van der Waals surface area contributed by atoms with Gasteiger partial charge in [0.15, 0.2) is 5.76 Å². The van der Waals surface area contributed by atoms with Crippen LogP contribution in [0.1, 0.15) is 33.2 Å². The lowest BCUT2D eigenvalue weighted by atomic mass is 10.2. The number of carbonyl (C=O) groups is 1. The Labute approximate surface area is 195 Å². The number of aromatic nitrogens is 2. The first-order chi connectivity index (χ1) is 15.2. The molecule has 1 amide bonds. The second-order valence-corrected chi connectivity index (χ2v) is 11.0. The van der Waals surface area contributed by atoms with Gasteiger partial charge >= 0.3 is 0 Å². The molecule has 1 saturated heterocycles. The predicted molar refractivity (Wildman–Crippen MR) is 123 cm³/mol. The minimum absolute atomic E-state index is 0.113. The second-order valence-electron chi connectivity index (χ2n) is 7.65. The van der Waals surface area contributed by atoms with Gasteiger partial charge in [0, 0.05) is 36.8 Å². The van der Waals surface area contributed by atoms with Gasteiger partial charge in [-0.2, -0.15) is 4.31 Å². The summed E-state index contributed by atoms with van der Waals surface area (Å²) in [5, 5.41) is 5.10. The summed E-state index contributed by atoms with van der Waals surface area (Å²) in [6.45, 7) is 6.31. The van der Waals surface area contributed by atoms with E-state index in [0.717, 1.165) is 10.6 Å². The molecule has 0 N–H and O–H groups in total. The van der Waals surface area contributed by atoms with Crippen molar-refractivity contribution in [2.45, 2.75) is 32.1 Å². The Morgan fingerprint density at radius 2 is 1.91 bits per heavy atom. The van der Waals surface area contributed by atoms with Crippen LogP contribution in [-0.4, -0.2) is 59.8 Å².